The molecule has 0 aliphatic heterocycles. The van der Waals surface area contributed by atoms with Crippen LogP contribution in [0.5, 0.6) is 0 Å². The van der Waals surface area contributed by atoms with Gasteiger partial charge in [-0.25, -0.2) is 4.68 Å². The van der Waals surface area contributed by atoms with E-state index in [0.29, 0.717) is 12.2 Å². The summed E-state index contributed by atoms with van der Waals surface area (Å²) in [5.74, 6) is 0. The van der Waals surface area contributed by atoms with E-state index in [1.54, 1.807) is 16.8 Å². The third-order valence-electron chi connectivity index (χ3n) is 2.72. The minimum Gasteiger partial charge on any atom is -0.330 e. The van der Waals surface area contributed by atoms with Crippen molar-refractivity contribution >= 4 is 5.69 Å². The molecule has 0 amide bonds. The Kier molecular flexibility index (Phi) is 3.38. The van der Waals surface area contributed by atoms with Crippen LogP contribution in [-0.4, -0.2) is 21.2 Å². The summed E-state index contributed by atoms with van der Waals surface area (Å²) in [5.41, 5.74) is 8.20. The number of benzene rings is 1. The zero-order valence-corrected chi connectivity index (χ0v) is 10.0. The summed E-state index contributed by atoms with van der Waals surface area (Å²) >= 11 is 0. The highest BCUT2D eigenvalue weighted by Crippen LogP contribution is 2.17. The summed E-state index contributed by atoms with van der Waals surface area (Å²) in [7, 11) is 0. The Morgan fingerprint density at radius 1 is 1.50 bits per heavy atom. The molecule has 2 N–H and O–H groups in total. The van der Waals surface area contributed by atoms with Gasteiger partial charge in [-0.3, -0.25) is 10.1 Å². The van der Waals surface area contributed by atoms with Gasteiger partial charge >= 0.3 is 0 Å². The molecule has 1 heterocycles. The standard InChI is InChI=1S/C12H14N4O2/c1-9-10(5-6-13)8-15(14-9)11-3-2-4-12(7-11)16(17)18/h2-4,7-8H,5-6,13H2,1H3. The van der Waals surface area contributed by atoms with E-state index >= 15 is 0 Å². The number of nitrogens with zero attached hydrogens (tertiary/aromatic N) is 3. The number of nitro benzene ring substituents is 1. The molecule has 0 saturated carbocycles. The summed E-state index contributed by atoms with van der Waals surface area (Å²) < 4.78 is 1.65. The van der Waals surface area contributed by atoms with E-state index < -0.39 is 4.92 Å². The molecule has 6 nitrogen and oxygen atoms in total. The lowest BCUT2D eigenvalue weighted by Crippen LogP contribution is -2.02. The van der Waals surface area contributed by atoms with Crippen molar-refractivity contribution in [3.8, 4) is 5.69 Å². The molecule has 94 valence electrons. The summed E-state index contributed by atoms with van der Waals surface area (Å²) in [4.78, 5) is 10.3. The first-order valence-electron chi connectivity index (χ1n) is 5.62. The van der Waals surface area contributed by atoms with Crippen LogP contribution >= 0.6 is 0 Å². The van der Waals surface area contributed by atoms with E-state index in [1.807, 2.05) is 13.1 Å². The van der Waals surface area contributed by atoms with E-state index in [0.717, 1.165) is 17.7 Å². The van der Waals surface area contributed by atoms with Crippen molar-refractivity contribution in [3.63, 3.8) is 0 Å². The van der Waals surface area contributed by atoms with Crippen molar-refractivity contribution in [1.82, 2.24) is 9.78 Å². The minimum absolute atomic E-state index is 0.0565. The monoisotopic (exact) mass is 246 g/mol. The number of hydrogen-bond donors (Lipinski definition) is 1. The molecule has 18 heavy (non-hydrogen) atoms. The van der Waals surface area contributed by atoms with Crippen LogP contribution in [0.25, 0.3) is 5.69 Å². The predicted molar refractivity (Wildman–Crippen MR) is 67.7 cm³/mol. The van der Waals surface area contributed by atoms with E-state index in [1.165, 1.54) is 12.1 Å². The molecule has 1 aromatic carbocycles. The largest absolute Gasteiger partial charge is 0.330 e. The molecule has 2 rings (SSSR count). The van der Waals surface area contributed by atoms with Crippen molar-refractivity contribution in [3.05, 3.63) is 51.8 Å². The van der Waals surface area contributed by atoms with E-state index in [2.05, 4.69) is 5.10 Å². The molecule has 0 aliphatic rings. The van der Waals surface area contributed by atoms with Crippen molar-refractivity contribution in [2.24, 2.45) is 5.73 Å². The number of nitrogens with two attached hydrogens (primary N) is 1. The quantitative estimate of drug-likeness (QED) is 0.655. The lowest BCUT2D eigenvalue weighted by molar-refractivity contribution is -0.384. The zero-order chi connectivity index (χ0) is 13.1. The smallest absolute Gasteiger partial charge is 0.271 e. The van der Waals surface area contributed by atoms with Crippen LogP contribution < -0.4 is 5.73 Å². The SMILES string of the molecule is Cc1nn(-c2cccc([N+](=O)[O-])c2)cc1CCN. The third kappa shape index (κ3) is 2.38. The molecule has 6 heteroatoms. The normalized spacial score (nSPS) is 10.6. The maximum Gasteiger partial charge on any atom is 0.271 e. The van der Waals surface area contributed by atoms with Gasteiger partial charge in [0, 0.05) is 18.3 Å². The first kappa shape index (κ1) is 12.3. The third-order valence-corrected chi connectivity index (χ3v) is 2.72. The van der Waals surface area contributed by atoms with Gasteiger partial charge in [-0.1, -0.05) is 6.07 Å². The molecule has 0 saturated heterocycles. The van der Waals surface area contributed by atoms with Crippen LogP contribution in [-0.2, 0) is 6.42 Å². The van der Waals surface area contributed by atoms with Gasteiger partial charge in [0.15, 0.2) is 0 Å². The average Bonchev–Trinajstić information content (AvgIpc) is 2.72. The zero-order valence-electron chi connectivity index (χ0n) is 10.0. The highest BCUT2D eigenvalue weighted by molar-refractivity contribution is 5.43. The highest BCUT2D eigenvalue weighted by Gasteiger charge is 2.09. The fourth-order valence-electron chi connectivity index (χ4n) is 1.78. The van der Waals surface area contributed by atoms with E-state index in [4.69, 9.17) is 5.73 Å². The van der Waals surface area contributed by atoms with Crippen LogP contribution in [0.1, 0.15) is 11.3 Å². The fourth-order valence-corrected chi connectivity index (χ4v) is 1.78. The van der Waals surface area contributed by atoms with Gasteiger partial charge in [-0.2, -0.15) is 5.10 Å². The Labute approximate surface area is 104 Å². The maximum atomic E-state index is 10.7. The highest BCUT2D eigenvalue weighted by atomic mass is 16.6. The van der Waals surface area contributed by atoms with Crippen LogP contribution in [0.15, 0.2) is 30.5 Å². The summed E-state index contributed by atoms with van der Waals surface area (Å²) in [5, 5.41) is 15.1. The van der Waals surface area contributed by atoms with Gasteiger partial charge < -0.3 is 5.73 Å². The van der Waals surface area contributed by atoms with Gasteiger partial charge in [0.25, 0.3) is 5.69 Å². The molecule has 0 unspecified atom stereocenters. The first-order valence-corrected chi connectivity index (χ1v) is 5.62. The maximum absolute atomic E-state index is 10.7. The minimum atomic E-state index is -0.416. The first-order chi connectivity index (χ1) is 8.61. The Bertz CT molecular complexity index is 577. The molecule has 0 atom stereocenters. The summed E-state index contributed by atoms with van der Waals surface area (Å²) in [6.45, 7) is 2.46. The second-order valence-corrected chi connectivity index (χ2v) is 4.00. The van der Waals surface area contributed by atoms with Crippen LogP contribution in [0.3, 0.4) is 0 Å². The molecule has 0 bridgehead atoms. The summed E-state index contributed by atoms with van der Waals surface area (Å²) in [6.07, 6.45) is 2.61. The van der Waals surface area contributed by atoms with E-state index in [-0.39, 0.29) is 5.69 Å². The molecule has 0 spiro atoms. The number of aromatic nitrogens is 2. The number of non-ortho nitro benzene ring substituents is 1. The Hall–Kier alpha value is -2.21. The Balaban J connectivity index is 2.39. The molecule has 0 fully saturated rings. The number of hydrogen-bond acceptors (Lipinski definition) is 4. The van der Waals surface area contributed by atoms with Gasteiger partial charge in [0.05, 0.1) is 16.3 Å². The van der Waals surface area contributed by atoms with Gasteiger partial charge in [0.2, 0.25) is 0 Å². The van der Waals surface area contributed by atoms with Gasteiger partial charge in [-0.15, -0.1) is 0 Å². The fraction of sp³-hybridized carbons (Fsp3) is 0.250. The number of aryl methyl sites for hydroxylation is 1. The molecular formula is C12H14N4O2. The average molecular weight is 246 g/mol. The summed E-state index contributed by atoms with van der Waals surface area (Å²) in [6, 6.07) is 6.39. The Morgan fingerprint density at radius 3 is 2.94 bits per heavy atom. The molecule has 2 aromatic rings. The second kappa shape index (κ2) is 4.97. The molecule has 0 aliphatic carbocycles. The van der Waals surface area contributed by atoms with Crippen molar-refractivity contribution in [2.75, 3.05) is 6.54 Å². The Morgan fingerprint density at radius 2 is 2.28 bits per heavy atom. The van der Waals surface area contributed by atoms with Crippen LogP contribution in [0.2, 0.25) is 0 Å². The molecule has 1 aromatic heterocycles. The van der Waals surface area contributed by atoms with E-state index in [9.17, 15) is 10.1 Å². The van der Waals surface area contributed by atoms with Crippen molar-refractivity contribution < 1.29 is 4.92 Å². The number of rotatable bonds is 4. The van der Waals surface area contributed by atoms with Crippen LogP contribution in [0.4, 0.5) is 5.69 Å². The molecular weight excluding hydrogens is 232 g/mol. The number of nitro groups is 1. The molecule has 0 radical (unpaired) electrons. The van der Waals surface area contributed by atoms with Gasteiger partial charge in [-0.05, 0) is 31.5 Å². The van der Waals surface area contributed by atoms with Crippen molar-refractivity contribution in [1.29, 1.82) is 0 Å². The second-order valence-electron chi connectivity index (χ2n) is 4.00. The predicted octanol–water partition coefficient (Wildman–Crippen LogP) is 1.59. The lowest BCUT2D eigenvalue weighted by Gasteiger charge is -2.00. The van der Waals surface area contributed by atoms with Crippen molar-refractivity contribution in [2.45, 2.75) is 13.3 Å². The topological polar surface area (TPSA) is 87.0 Å². The van der Waals surface area contributed by atoms with Crippen LogP contribution in [0, 0.1) is 17.0 Å². The van der Waals surface area contributed by atoms with Gasteiger partial charge in [0.1, 0.15) is 0 Å². The lowest BCUT2D eigenvalue weighted by atomic mass is 10.2.